The first kappa shape index (κ1) is 41.1. The van der Waals surface area contributed by atoms with Gasteiger partial charge in [-0.2, -0.15) is 0 Å². The van der Waals surface area contributed by atoms with E-state index in [9.17, 15) is 9.59 Å². The van der Waals surface area contributed by atoms with Crippen molar-refractivity contribution in [2.75, 3.05) is 6.61 Å². The monoisotopic (exact) mass is 593 g/mol. The largest absolute Gasteiger partial charge is 0.466 e. The molecular weight excluding hydrogens is 516 g/mol. The molecule has 3 heteroatoms. The summed E-state index contributed by atoms with van der Waals surface area (Å²) < 4.78 is 5.50. The Bertz CT molecular complexity index is 558. The second-order valence-electron chi connectivity index (χ2n) is 13.4. The van der Waals surface area contributed by atoms with Crippen molar-refractivity contribution in [2.24, 2.45) is 5.92 Å². The van der Waals surface area contributed by atoms with Gasteiger partial charge in [0.1, 0.15) is 5.78 Å². The van der Waals surface area contributed by atoms with Gasteiger partial charge in [0.2, 0.25) is 0 Å². The third-order valence-corrected chi connectivity index (χ3v) is 9.10. The standard InChI is InChI=1S/C39H76O3/c1-4-7-10-13-15-17-18-20-23-25-31-37(30-24-22-19-16-14-11-8-5-2)32-27-28-36-42-39(41)35-29-34-38(40)33-26-21-12-9-6-3/h37H,4-36H2,1-3H3. The first-order valence-corrected chi connectivity index (χ1v) is 19.3. The molecule has 250 valence electrons. The lowest BCUT2D eigenvalue weighted by molar-refractivity contribution is -0.143. The number of rotatable bonds is 35. The normalized spacial score (nSPS) is 12.1. The van der Waals surface area contributed by atoms with E-state index in [1.807, 2.05) is 0 Å². The molecule has 0 aliphatic carbocycles. The van der Waals surface area contributed by atoms with E-state index in [-0.39, 0.29) is 5.97 Å². The smallest absolute Gasteiger partial charge is 0.305 e. The number of carbonyl (C=O) groups excluding carboxylic acids is 2. The van der Waals surface area contributed by atoms with E-state index in [2.05, 4.69) is 20.8 Å². The maximum Gasteiger partial charge on any atom is 0.305 e. The Morgan fingerprint density at radius 2 is 0.762 bits per heavy atom. The second-order valence-corrected chi connectivity index (χ2v) is 13.4. The summed E-state index contributed by atoms with van der Waals surface area (Å²) in [6.45, 7) is 7.34. The Labute approximate surface area is 264 Å². The topological polar surface area (TPSA) is 43.4 Å². The fraction of sp³-hybridized carbons (Fsp3) is 0.949. The highest BCUT2D eigenvalue weighted by molar-refractivity contribution is 5.79. The average molecular weight is 593 g/mol. The van der Waals surface area contributed by atoms with Crippen molar-refractivity contribution in [1.29, 1.82) is 0 Å². The molecule has 0 heterocycles. The summed E-state index contributed by atoms with van der Waals surface area (Å²) in [4.78, 5) is 24.1. The summed E-state index contributed by atoms with van der Waals surface area (Å²) in [7, 11) is 0. The molecule has 0 aromatic heterocycles. The van der Waals surface area contributed by atoms with E-state index in [0.29, 0.717) is 38.1 Å². The molecule has 0 radical (unpaired) electrons. The van der Waals surface area contributed by atoms with Crippen molar-refractivity contribution in [1.82, 2.24) is 0 Å². The fourth-order valence-corrected chi connectivity index (χ4v) is 6.19. The Morgan fingerprint density at radius 1 is 0.405 bits per heavy atom. The van der Waals surface area contributed by atoms with E-state index in [1.54, 1.807) is 0 Å². The minimum atomic E-state index is -0.119. The van der Waals surface area contributed by atoms with Crippen LogP contribution in [-0.2, 0) is 14.3 Å². The minimum Gasteiger partial charge on any atom is -0.466 e. The average Bonchev–Trinajstić information content (AvgIpc) is 2.98. The van der Waals surface area contributed by atoms with Gasteiger partial charge in [-0.3, -0.25) is 9.59 Å². The van der Waals surface area contributed by atoms with E-state index in [4.69, 9.17) is 4.74 Å². The van der Waals surface area contributed by atoms with E-state index < -0.39 is 0 Å². The van der Waals surface area contributed by atoms with Crippen molar-refractivity contribution < 1.29 is 14.3 Å². The number of hydrogen-bond donors (Lipinski definition) is 0. The molecule has 0 saturated carbocycles. The molecule has 1 atom stereocenters. The molecule has 3 nitrogen and oxygen atoms in total. The van der Waals surface area contributed by atoms with Crippen LogP contribution in [0.3, 0.4) is 0 Å². The highest BCUT2D eigenvalue weighted by Crippen LogP contribution is 2.24. The van der Waals surface area contributed by atoms with Gasteiger partial charge in [-0.15, -0.1) is 0 Å². The van der Waals surface area contributed by atoms with Crippen LogP contribution in [0.1, 0.15) is 226 Å². The van der Waals surface area contributed by atoms with Crippen LogP contribution in [0.4, 0.5) is 0 Å². The number of Topliss-reactive ketones (excluding diaryl/α,β-unsaturated/α-hetero) is 1. The SMILES string of the molecule is CCCCCCCCCCCCC(CCCCCCCCCC)CCCCOC(=O)CCCC(=O)CCCCCCC. The molecule has 0 rings (SSSR count). The minimum absolute atomic E-state index is 0.119. The van der Waals surface area contributed by atoms with Crippen LogP contribution in [0.25, 0.3) is 0 Å². The summed E-state index contributed by atoms with van der Waals surface area (Å²) in [5.41, 5.74) is 0. The lowest BCUT2D eigenvalue weighted by Gasteiger charge is -2.17. The molecule has 0 aliphatic rings. The Hall–Kier alpha value is -0.860. The van der Waals surface area contributed by atoms with Gasteiger partial charge in [0.25, 0.3) is 0 Å². The molecule has 0 fully saturated rings. The molecule has 0 amide bonds. The molecule has 0 N–H and O–H groups in total. The molecule has 42 heavy (non-hydrogen) atoms. The number of ether oxygens (including phenoxy) is 1. The van der Waals surface area contributed by atoms with Gasteiger partial charge in [-0.1, -0.05) is 181 Å². The molecule has 1 unspecified atom stereocenters. The molecule has 0 saturated heterocycles. The highest BCUT2D eigenvalue weighted by atomic mass is 16.5. The van der Waals surface area contributed by atoms with Crippen LogP contribution < -0.4 is 0 Å². The first-order valence-electron chi connectivity index (χ1n) is 19.3. The zero-order valence-electron chi connectivity index (χ0n) is 29.1. The Balaban J connectivity index is 4.02. The van der Waals surface area contributed by atoms with Crippen molar-refractivity contribution in [3.05, 3.63) is 0 Å². The maximum absolute atomic E-state index is 12.1. The predicted molar refractivity (Wildman–Crippen MR) is 184 cm³/mol. The van der Waals surface area contributed by atoms with Gasteiger partial charge >= 0.3 is 5.97 Å². The van der Waals surface area contributed by atoms with Gasteiger partial charge in [-0.05, 0) is 31.6 Å². The predicted octanol–water partition coefficient (Wildman–Crippen LogP) is 13.3. The zero-order valence-corrected chi connectivity index (χ0v) is 29.1. The Kier molecular flexibility index (Phi) is 33.9. The summed E-state index contributed by atoms with van der Waals surface area (Å²) in [5.74, 6) is 1.04. The van der Waals surface area contributed by atoms with Crippen LogP contribution in [0.5, 0.6) is 0 Å². The molecule has 0 aromatic rings. The first-order chi connectivity index (χ1) is 20.6. The highest BCUT2D eigenvalue weighted by Gasteiger charge is 2.10. The summed E-state index contributed by atoms with van der Waals surface area (Å²) in [6.07, 6.45) is 39.6. The number of hydrogen-bond acceptors (Lipinski definition) is 3. The van der Waals surface area contributed by atoms with E-state index >= 15 is 0 Å². The van der Waals surface area contributed by atoms with Crippen LogP contribution >= 0.6 is 0 Å². The van der Waals surface area contributed by atoms with Crippen LogP contribution in [-0.4, -0.2) is 18.4 Å². The van der Waals surface area contributed by atoms with E-state index in [0.717, 1.165) is 25.2 Å². The lowest BCUT2D eigenvalue weighted by Crippen LogP contribution is -2.08. The quantitative estimate of drug-likeness (QED) is 0.0543. The van der Waals surface area contributed by atoms with Gasteiger partial charge in [0.05, 0.1) is 6.61 Å². The third-order valence-electron chi connectivity index (χ3n) is 9.10. The fourth-order valence-electron chi connectivity index (χ4n) is 6.19. The van der Waals surface area contributed by atoms with Crippen molar-refractivity contribution in [3.8, 4) is 0 Å². The maximum atomic E-state index is 12.1. The van der Waals surface area contributed by atoms with E-state index in [1.165, 1.54) is 161 Å². The summed E-state index contributed by atoms with van der Waals surface area (Å²) in [5, 5.41) is 0. The molecule has 0 spiro atoms. The van der Waals surface area contributed by atoms with Gasteiger partial charge in [0.15, 0.2) is 0 Å². The van der Waals surface area contributed by atoms with Crippen molar-refractivity contribution in [3.63, 3.8) is 0 Å². The van der Waals surface area contributed by atoms with Gasteiger partial charge in [0, 0.05) is 19.3 Å². The molecular formula is C39H76O3. The van der Waals surface area contributed by atoms with Crippen molar-refractivity contribution in [2.45, 2.75) is 226 Å². The molecule has 0 aromatic carbocycles. The Morgan fingerprint density at radius 3 is 1.21 bits per heavy atom. The number of ketones is 1. The zero-order chi connectivity index (χ0) is 30.8. The van der Waals surface area contributed by atoms with Crippen LogP contribution in [0.15, 0.2) is 0 Å². The number of unbranched alkanes of at least 4 members (excludes halogenated alkanes) is 21. The van der Waals surface area contributed by atoms with Crippen LogP contribution in [0, 0.1) is 5.92 Å². The van der Waals surface area contributed by atoms with Crippen LogP contribution in [0.2, 0.25) is 0 Å². The third kappa shape index (κ3) is 32.1. The number of esters is 1. The second kappa shape index (κ2) is 34.6. The summed E-state index contributed by atoms with van der Waals surface area (Å²) >= 11 is 0. The number of carbonyl (C=O) groups is 2. The van der Waals surface area contributed by atoms with Gasteiger partial charge in [-0.25, -0.2) is 0 Å². The molecule has 0 bridgehead atoms. The van der Waals surface area contributed by atoms with Crippen molar-refractivity contribution >= 4 is 11.8 Å². The van der Waals surface area contributed by atoms with Gasteiger partial charge < -0.3 is 4.74 Å². The molecule has 0 aliphatic heterocycles. The summed E-state index contributed by atoms with van der Waals surface area (Å²) in [6, 6.07) is 0. The lowest BCUT2D eigenvalue weighted by atomic mass is 9.90.